The van der Waals surface area contributed by atoms with Crippen LogP contribution < -0.4 is 5.73 Å². The van der Waals surface area contributed by atoms with Crippen molar-refractivity contribution in [2.75, 3.05) is 13.1 Å². The highest BCUT2D eigenvalue weighted by atomic mass is 16.2. The Morgan fingerprint density at radius 3 is 2.44 bits per heavy atom. The topological polar surface area (TPSA) is 63.4 Å². The van der Waals surface area contributed by atoms with Crippen molar-refractivity contribution in [3.63, 3.8) is 0 Å². The smallest absolute Gasteiger partial charge is 0.253 e. The Morgan fingerprint density at radius 1 is 1.22 bits per heavy atom. The molecule has 0 spiro atoms. The number of carbonyl (C=O) groups is 2. The summed E-state index contributed by atoms with van der Waals surface area (Å²) < 4.78 is 0. The number of hydrogen-bond donors (Lipinski definition) is 1. The van der Waals surface area contributed by atoms with Crippen LogP contribution in [-0.4, -0.2) is 35.7 Å². The summed E-state index contributed by atoms with van der Waals surface area (Å²) in [5.41, 5.74) is 6.98. The van der Waals surface area contributed by atoms with Crippen molar-refractivity contribution in [1.82, 2.24) is 4.90 Å². The van der Waals surface area contributed by atoms with Gasteiger partial charge in [0.2, 0.25) is 0 Å². The SMILES string of the molecule is CC(=O)c1cccc(C(=O)N2CCC(N)CC2)c1. The number of carbonyl (C=O) groups excluding carboxylic acids is 2. The van der Waals surface area contributed by atoms with Gasteiger partial charge in [-0.25, -0.2) is 0 Å². The first kappa shape index (κ1) is 12.8. The molecule has 4 heteroatoms. The molecule has 1 heterocycles. The average molecular weight is 246 g/mol. The summed E-state index contributed by atoms with van der Waals surface area (Å²) in [5.74, 6) is -0.0321. The van der Waals surface area contributed by atoms with Gasteiger partial charge in [-0.2, -0.15) is 0 Å². The molecule has 1 saturated heterocycles. The third-order valence-electron chi connectivity index (χ3n) is 3.34. The van der Waals surface area contributed by atoms with E-state index in [0.717, 1.165) is 12.8 Å². The molecule has 0 saturated carbocycles. The van der Waals surface area contributed by atoms with Crippen LogP contribution in [0.3, 0.4) is 0 Å². The third kappa shape index (κ3) is 2.76. The second kappa shape index (κ2) is 5.31. The molecule has 1 aromatic rings. The highest BCUT2D eigenvalue weighted by molar-refractivity contribution is 5.99. The number of likely N-dealkylation sites (tertiary alicyclic amines) is 1. The van der Waals surface area contributed by atoms with Crippen molar-refractivity contribution >= 4 is 11.7 Å². The molecule has 0 aliphatic carbocycles. The fourth-order valence-corrected chi connectivity index (χ4v) is 2.16. The van der Waals surface area contributed by atoms with Gasteiger partial charge >= 0.3 is 0 Å². The van der Waals surface area contributed by atoms with Crippen molar-refractivity contribution in [3.8, 4) is 0 Å². The van der Waals surface area contributed by atoms with E-state index in [1.807, 2.05) is 4.90 Å². The summed E-state index contributed by atoms with van der Waals surface area (Å²) in [4.78, 5) is 25.4. The Labute approximate surface area is 107 Å². The fraction of sp³-hybridized carbons (Fsp3) is 0.429. The van der Waals surface area contributed by atoms with E-state index >= 15 is 0 Å². The van der Waals surface area contributed by atoms with Crippen LogP contribution in [0, 0.1) is 0 Å². The number of Topliss-reactive ketones (excluding diaryl/α,β-unsaturated/α-hetero) is 1. The van der Waals surface area contributed by atoms with E-state index in [-0.39, 0.29) is 17.7 Å². The summed E-state index contributed by atoms with van der Waals surface area (Å²) in [6.45, 7) is 2.90. The monoisotopic (exact) mass is 246 g/mol. The lowest BCUT2D eigenvalue weighted by molar-refractivity contribution is 0.0715. The normalized spacial score (nSPS) is 16.7. The summed E-state index contributed by atoms with van der Waals surface area (Å²) in [6, 6.07) is 7.10. The number of amides is 1. The first-order chi connectivity index (χ1) is 8.58. The van der Waals surface area contributed by atoms with Crippen LogP contribution in [0.1, 0.15) is 40.5 Å². The number of rotatable bonds is 2. The predicted octanol–water partition coefficient (Wildman–Crippen LogP) is 1.45. The van der Waals surface area contributed by atoms with Gasteiger partial charge in [0.15, 0.2) is 5.78 Å². The predicted molar refractivity (Wildman–Crippen MR) is 69.6 cm³/mol. The average Bonchev–Trinajstić information content (AvgIpc) is 2.39. The van der Waals surface area contributed by atoms with Gasteiger partial charge < -0.3 is 10.6 Å². The molecule has 1 aliphatic heterocycles. The van der Waals surface area contributed by atoms with E-state index < -0.39 is 0 Å². The number of hydrogen-bond acceptors (Lipinski definition) is 3. The first-order valence-corrected chi connectivity index (χ1v) is 6.24. The second-order valence-corrected chi connectivity index (χ2v) is 4.77. The summed E-state index contributed by atoms with van der Waals surface area (Å²) in [7, 11) is 0. The van der Waals surface area contributed by atoms with E-state index in [2.05, 4.69) is 0 Å². The molecule has 18 heavy (non-hydrogen) atoms. The molecular formula is C14H18N2O2. The summed E-state index contributed by atoms with van der Waals surface area (Å²) in [5, 5.41) is 0. The van der Waals surface area contributed by atoms with Crippen molar-refractivity contribution in [2.24, 2.45) is 5.73 Å². The van der Waals surface area contributed by atoms with Crippen LogP contribution >= 0.6 is 0 Å². The van der Waals surface area contributed by atoms with Gasteiger partial charge in [0, 0.05) is 30.3 Å². The van der Waals surface area contributed by atoms with Gasteiger partial charge in [0.05, 0.1) is 0 Å². The van der Waals surface area contributed by atoms with E-state index in [4.69, 9.17) is 5.73 Å². The van der Waals surface area contributed by atoms with Gasteiger partial charge in [-0.05, 0) is 31.9 Å². The van der Waals surface area contributed by atoms with E-state index in [0.29, 0.717) is 24.2 Å². The molecular weight excluding hydrogens is 228 g/mol. The molecule has 0 aromatic heterocycles. The Balaban J connectivity index is 2.13. The lowest BCUT2D eigenvalue weighted by Gasteiger charge is -2.30. The molecule has 2 N–H and O–H groups in total. The zero-order valence-electron chi connectivity index (χ0n) is 10.6. The highest BCUT2D eigenvalue weighted by Gasteiger charge is 2.21. The quantitative estimate of drug-likeness (QED) is 0.803. The van der Waals surface area contributed by atoms with Crippen LogP contribution in [0.15, 0.2) is 24.3 Å². The van der Waals surface area contributed by atoms with Gasteiger partial charge in [-0.15, -0.1) is 0 Å². The minimum atomic E-state index is -0.0229. The number of piperidine rings is 1. The number of nitrogens with two attached hydrogens (primary N) is 1. The van der Waals surface area contributed by atoms with Gasteiger partial charge in [0.1, 0.15) is 0 Å². The van der Waals surface area contributed by atoms with Gasteiger partial charge in [0.25, 0.3) is 5.91 Å². The molecule has 1 amide bonds. The van der Waals surface area contributed by atoms with Crippen LogP contribution in [0.2, 0.25) is 0 Å². The molecule has 96 valence electrons. The maximum absolute atomic E-state index is 12.3. The molecule has 4 nitrogen and oxygen atoms in total. The van der Waals surface area contributed by atoms with Crippen LogP contribution in [0.25, 0.3) is 0 Å². The van der Waals surface area contributed by atoms with Crippen molar-refractivity contribution in [1.29, 1.82) is 0 Å². The van der Waals surface area contributed by atoms with Crippen molar-refractivity contribution in [3.05, 3.63) is 35.4 Å². The molecule has 1 aromatic carbocycles. The maximum atomic E-state index is 12.3. The van der Waals surface area contributed by atoms with Crippen LogP contribution in [0.4, 0.5) is 0 Å². The van der Waals surface area contributed by atoms with Crippen molar-refractivity contribution in [2.45, 2.75) is 25.8 Å². The number of benzene rings is 1. The molecule has 2 rings (SSSR count). The van der Waals surface area contributed by atoms with Crippen molar-refractivity contribution < 1.29 is 9.59 Å². The molecule has 0 radical (unpaired) electrons. The Hall–Kier alpha value is -1.68. The summed E-state index contributed by atoms with van der Waals surface area (Å²) >= 11 is 0. The zero-order valence-corrected chi connectivity index (χ0v) is 10.6. The minimum absolute atomic E-state index is 0.00926. The largest absolute Gasteiger partial charge is 0.339 e. The van der Waals surface area contributed by atoms with E-state index in [9.17, 15) is 9.59 Å². The second-order valence-electron chi connectivity index (χ2n) is 4.77. The minimum Gasteiger partial charge on any atom is -0.339 e. The highest BCUT2D eigenvalue weighted by Crippen LogP contribution is 2.14. The molecule has 1 aliphatic rings. The zero-order chi connectivity index (χ0) is 13.1. The molecule has 1 fully saturated rings. The van der Waals surface area contributed by atoms with Gasteiger partial charge in [-0.3, -0.25) is 9.59 Å². The Kier molecular flexibility index (Phi) is 3.77. The first-order valence-electron chi connectivity index (χ1n) is 6.24. The fourth-order valence-electron chi connectivity index (χ4n) is 2.16. The lowest BCUT2D eigenvalue weighted by atomic mass is 10.0. The third-order valence-corrected chi connectivity index (χ3v) is 3.34. The summed E-state index contributed by atoms with van der Waals surface area (Å²) in [6.07, 6.45) is 1.69. The van der Waals surface area contributed by atoms with E-state index in [1.165, 1.54) is 6.92 Å². The van der Waals surface area contributed by atoms with Crippen LogP contribution in [-0.2, 0) is 0 Å². The Bertz CT molecular complexity index is 463. The van der Waals surface area contributed by atoms with Gasteiger partial charge in [-0.1, -0.05) is 12.1 Å². The standard InChI is InChI=1S/C14H18N2O2/c1-10(17)11-3-2-4-12(9-11)14(18)16-7-5-13(15)6-8-16/h2-4,9,13H,5-8,15H2,1H3. The Morgan fingerprint density at radius 2 is 1.83 bits per heavy atom. The molecule has 0 bridgehead atoms. The molecule has 0 atom stereocenters. The molecule has 0 unspecified atom stereocenters. The number of ketones is 1. The van der Waals surface area contributed by atoms with E-state index in [1.54, 1.807) is 24.3 Å². The maximum Gasteiger partial charge on any atom is 0.253 e. The van der Waals surface area contributed by atoms with Crippen LogP contribution in [0.5, 0.6) is 0 Å². The lowest BCUT2D eigenvalue weighted by Crippen LogP contribution is -2.42. The number of nitrogens with zero attached hydrogens (tertiary/aromatic N) is 1.